The van der Waals surface area contributed by atoms with Gasteiger partial charge in [-0.1, -0.05) is 19.9 Å². The first-order valence-electron chi connectivity index (χ1n) is 6.69. The molecule has 0 aliphatic rings. The number of aromatic amines is 1. The zero-order valence-corrected chi connectivity index (χ0v) is 12.1. The number of rotatable bonds is 4. The first-order chi connectivity index (χ1) is 9.90. The molecule has 0 aliphatic heterocycles. The summed E-state index contributed by atoms with van der Waals surface area (Å²) in [5.74, 6) is -1.56. The van der Waals surface area contributed by atoms with Crippen LogP contribution in [-0.2, 0) is 0 Å². The third kappa shape index (κ3) is 3.26. The van der Waals surface area contributed by atoms with Crippen molar-refractivity contribution in [1.82, 2.24) is 15.5 Å². The Balaban J connectivity index is 2.17. The molecule has 0 saturated carbocycles. The van der Waals surface area contributed by atoms with Crippen LogP contribution in [0.4, 0.5) is 8.78 Å². The number of aromatic nitrogens is 2. The molecule has 1 atom stereocenters. The van der Waals surface area contributed by atoms with Crippen molar-refractivity contribution in [2.45, 2.75) is 32.7 Å². The summed E-state index contributed by atoms with van der Waals surface area (Å²) >= 11 is 0. The van der Waals surface area contributed by atoms with Crippen LogP contribution < -0.4 is 5.32 Å². The second-order valence-corrected chi connectivity index (χ2v) is 5.21. The number of H-pyrrole nitrogens is 1. The summed E-state index contributed by atoms with van der Waals surface area (Å²) < 4.78 is 26.6. The number of halogens is 2. The number of carbonyl (C=O) groups is 1. The molecular weight excluding hydrogens is 276 g/mol. The van der Waals surface area contributed by atoms with Crippen LogP contribution in [0.5, 0.6) is 0 Å². The number of amides is 1. The number of carbonyl (C=O) groups excluding carboxylic acids is 1. The predicted octanol–water partition coefficient (Wildman–Crippen LogP) is 3.30. The minimum atomic E-state index is -0.681. The number of benzene rings is 1. The van der Waals surface area contributed by atoms with E-state index in [0.717, 1.165) is 11.8 Å². The molecule has 0 fully saturated rings. The second-order valence-electron chi connectivity index (χ2n) is 5.21. The van der Waals surface area contributed by atoms with Gasteiger partial charge in [-0.3, -0.25) is 9.89 Å². The van der Waals surface area contributed by atoms with Crippen molar-refractivity contribution in [3.05, 3.63) is 52.9 Å². The molecular formula is C15H17F2N3O. The summed E-state index contributed by atoms with van der Waals surface area (Å²) in [5.41, 5.74) is 1.39. The van der Waals surface area contributed by atoms with Crippen molar-refractivity contribution >= 4 is 5.91 Å². The van der Waals surface area contributed by atoms with Crippen LogP contribution >= 0.6 is 0 Å². The fourth-order valence-corrected chi connectivity index (χ4v) is 2.12. The van der Waals surface area contributed by atoms with E-state index in [0.29, 0.717) is 5.56 Å². The van der Waals surface area contributed by atoms with Gasteiger partial charge in [0.15, 0.2) is 0 Å². The number of nitrogens with one attached hydrogen (secondary N) is 2. The molecule has 1 unspecified atom stereocenters. The summed E-state index contributed by atoms with van der Waals surface area (Å²) in [5, 5.41) is 9.34. The third-order valence-corrected chi connectivity index (χ3v) is 3.27. The normalized spacial score (nSPS) is 12.5. The van der Waals surface area contributed by atoms with Crippen molar-refractivity contribution in [3.63, 3.8) is 0 Å². The van der Waals surface area contributed by atoms with Gasteiger partial charge in [-0.25, -0.2) is 8.78 Å². The first kappa shape index (κ1) is 15.2. The van der Waals surface area contributed by atoms with Gasteiger partial charge in [0.1, 0.15) is 11.6 Å². The van der Waals surface area contributed by atoms with Gasteiger partial charge in [0, 0.05) is 11.6 Å². The van der Waals surface area contributed by atoms with Gasteiger partial charge in [-0.05, 0) is 18.9 Å². The van der Waals surface area contributed by atoms with Gasteiger partial charge in [0.05, 0.1) is 23.5 Å². The highest BCUT2D eigenvalue weighted by Gasteiger charge is 2.19. The summed E-state index contributed by atoms with van der Waals surface area (Å²) in [6, 6.07) is 2.72. The van der Waals surface area contributed by atoms with Gasteiger partial charge in [0.2, 0.25) is 0 Å². The molecule has 1 heterocycles. The second kappa shape index (κ2) is 6.03. The average molecular weight is 293 g/mol. The van der Waals surface area contributed by atoms with Gasteiger partial charge in [0.25, 0.3) is 5.91 Å². The molecule has 1 aromatic carbocycles. The number of hydrogen-bond donors (Lipinski definition) is 2. The Labute approximate surface area is 121 Å². The number of nitrogens with zero attached hydrogens (tertiary/aromatic N) is 1. The Morgan fingerprint density at radius 2 is 2.00 bits per heavy atom. The highest BCUT2D eigenvalue weighted by molar-refractivity contribution is 5.95. The molecule has 0 radical (unpaired) electrons. The van der Waals surface area contributed by atoms with Gasteiger partial charge < -0.3 is 5.32 Å². The molecule has 0 bridgehead atoms. The van der Waals surface area contributed by atoms with Crippen LogP contribution in [0.25, 0.3) is 0 Å². The Morgan fingerprint density at radius 1 is 1.29 bits per heavy atom. The Bertz CT molecular complexity index is 652. The van der Waals surface area contributed by atoms with Crippen molar-refractivity contribution in [2.24, 2.45) is 0 Å². The quantitative estimate of drug-likeness (QED) is 0.908. The maximum absolute atomic E-state index is 13.7. The van der Waals surface area contributed by atoms with E-state index in [-0.39, 0.29) is 17.4 Å². The lowest BCUT2D eigenvalue weighted by Crippen LogP contribution is -2.28. The van der Waals surface area contributed by atoms with Crippen LogP contribution in [0.15, 0.2) is 24.4 Å². The average Bonchev–Trinajstić information content (AvgIpc) is 2.87. The molecule has 6 heteroatoms. The summed E-state index contributed by atoms with van der Waals surface area (Å²) in [6.45, 7) is 5.52. The monoisotopic (exact) mass is 293 g/mol. The van der Waals surface area contributed by atoms with Gasteiger partial charge >= 0.3 is 0 Å². The Hall–Kier alpha value is -2.24. The van der Waals surface area contributed by atoms with Crippen molar-refractivity contribution < 1.29 is 13.6 Å². The Kier molecular flexibility index (Phi) is 4.35. The van der Waals surface area contributed by atoms with Crippen LogP contribution in [0.2, 0.25) is 0 Å². The zero-order valence-electron chi connectivity index (χ0n) is 12.1. The lowest BCUT2D eigenvalue weighted by molar-refractivity contribution is 0.0938. The van der Waals surface area contributed by atoms with Crippen LogP contribution in [0.1, 0.15) is 54.3 Å². The minimum Gasteiger partial charge on any atom is -0.345 e. The third-order valence-electron chi connectivity index (χ3n) is 3.27. The highest BCUT2D eigenvalue weighted by Crippen LogP contribution is 2.20. The van der Waals surface area contributed by atoms with E-state index in [1.165, 1.54) is 18.3 Å². The molecule has 1 aromatic heterocycles. The van der Waals surface area contributed by atoms with E-state index in [1.54, 1.807) is 6.92 Å². The lowest BCUT2D eigenvalue weighted by Gasteiger charge is -2.15. The Morgan fingerprint density at radius 3 is 2.62 bits per heavy atom. The van der Waals surface area contributed by atoms with Crippen molar-refractivity contribution in [3.8, 4) is 0 Å². The largest absolute Gasteiger partial charge is 0.345 e. The van der Waals surface area contributed by atoms with E-state index < -0.39 is 17.7 Å². The van der Waals surface area contributed by atoms with E-state index in [2.05, 4.69) is 15.5 Å². The predicted molar refractivity (Wildman–Crippen MR) is 74.9 cm³/mol. The molecule has 1 amide bonds. The topological polar surface area (TPSA) is 57.8 Å². The van der Waals surface area contributed by atoms with E-state index in [9.17, 15) is 13.6 Å². The van der Waals surface area contributed by atoms with Crippen LogP contribution in [0.3, 0.4) is 0 Å². The summed E-state index contributed by atoms with van der Waals surface area (Å²) in [6.07, 6.45) is 1.44. The fraction of sp³-hybridized carbons (Fsp3) is 0.333. The smallest absolute Gasteiger partial charge is 0.255 e. The van der Waals surface area contributed by atoms with E-state index in [4.69, 9.17) is 0 Å². The molecule has 0 spiro atoms. The molecule has 21 heavy (non-hydrogen) atoms. The molecule has 0 aliphatic carbocycles. The minimum absolute atomic E-state index is 0.117. The highest BCUT2D eigenvalue weighted by atomic mass is 19.1. The maximum atomic E-state index is 13.7. The van der Waals surface area contributed by atoms with Crippen molar-refractivity contribution in [1.29, 1.82) is 0 Å². The molecule has 2 rings (SSSR count). The van der Waals surface area contributed by atoms with Gasteiger partial charge in [-0.2, -0.15) is 5.10 Å². The van der Waals surface area contributed by atoms with Crippen molar-refractivity contribution in [2.75, 3.05) is 0 Å². The molecule has 4 nitrogen and oxygen atoms in total. The SMILES string of the molecule is CC(C)c1[nH]ncc1C(=O)NC(C)c1ccc(F)cc1F. The molecule has 112 valence electrons. The van der Waals surface area contributed by atoms with Crippen LogP contribution in [0, 0.1) is 11.6 Å². The van der Waals surface area contributed by atoms with Gasteiger partial charge in [-0.15, -0.1) is 0 Å². The van der Waals surface area contributed by atoms with E-state index in [1.807, 2.05) is 13.8 Å². The maximum Gasteiger partial charge on any atom is 0.255 e. The summed E-state index contributed by atoms with van der Waals surface area (Å²) in [4.78, 5) is 12.2. The fourth-order valence-electron chi connectivity index (χ4n) is 2.12. The first-order valence-corrected chi connectivity index (χ1v) is 6.69. The van der Waals surface area contributed by atoms with Crippen LogP contribution in [-0.4, -0.2) is 16.1 Å². The standard InChI is InChI=1S/C15H17F2N3O/c1-8(2)14-12(7-18-20-14)15(21)19-9(3)11-5-4-10(16)6-13(11)17/h4-9H,1-3H3,(H,18,20)(H,19,21). The zero-order chi connectivity index (χ0) is 15.6. The lowest BCUT2D eigenvalue weighted by atomic mass is 10.0. The summed E-state index contributed by atoms with van der Waals surface area (Å²) in [7, 11) is 0. The number of hydrogen-bond acceptors (Lipinski definition) is 2. The van der Waals surface area contributed by atoms with E-state index >= 15 is 0 Å². The molecule has 2 aromatic rings. The molecule has 2 N–H and O–H groups in total. The molecule has 0 saturated heterocycles.